The largest absolute Gasteiger partial charge is 0.394 e. The maximum atomic E-state index is 8.55. The van der Waals surface area contributed by atoms with Gasteiger partial charge in [-0.15, -0.1) is 0 Å². The summed E-state index contributed by atoms with van der Waals surface area (Å²) in [6.07, 6.45) is 43.0. The normalized spacial score (nSPS) is 13.7. The Balaban J connectivity index is -0.000000465. The molecule has 1 N–H and O–H groups in total. The molecule has 0 aromatic heterocycles. The molecule has 18 nitrogen and oxygen atoms in total. The van der Waals surface area contributed by atoms with Gasteiger partial charge in [-0.05, 0) is 154 Å². The Morgan fingerprint density at radius 1 is 0.160 bits per heavy atom. The average molecular weight is 1710 g/mol. The number of hydrogen-bond acceptors (Lipinski definition) is 18. The van der Waals surface area contributed by atoms with Crippen LogP contribution in [-0.2, 0) is 80.5 Å². The smallest absolute Gasteiger partial charge is 0.0701 e. The standard InChI is InChI=1S/2C24H50O5.C23H48O6.C16H34O.C14H30O/c1-6-11-25-13-15-27-17-19-29-20-18-28-16-14-26-12-10-24(5)21-23(4)9-7-8-22(2)3;1-5-12-25-14-16-27-18-20-29-21-19-28-17-15-26-13-10-8-7-9-11-24(6-2)22-23(3)4;1-21(2)20-23(4)7-5-6-22(3)8-10-25-12-14-27-16-18-29-19-17-28-15-13-26-11-9-24;1-6-11-17-12-10-16(5)13-15(4)9-7-8-14(2)3;1-4-7-8-10-14(9-5-2)11-13-15-12-6-3/h22-24H,6-21H2,1-5H3;23-24H,5-22H2,1-4H3;21-24H,5-20H2,1-4H3;14-16H,6-13H2,1-5H3;14H,4-13H2,1-3H3. The lowest BCUT2D eigenvalue weighted by Gasteiger charge is -2.17. The minimum absolute atomic E-state index is 0.0470. The van der Waals surface area contributed by atoms with Crippen molar-refractivity contribution in [1.29, 1.82) is 0 Å². The number of hydrogen-bond donors (Lipinski definition) is 1. The van der Waals surface area contributed by atoms with Crippen LogP contribution in [0, 0.1) is 71.0 Å². The van der Waals surface area contributed by atoms with Crippen LogP contribution in [0.1, 0.15) is 357 Å². The van der Waals surface area contributed by atoms with E-state index in [1.54, 1.807) is 0 Å². The van der Waals surface area contributed by atoms with E-state index in [4.69, 9.17) is 85.6 Å². The van der Waals surface area contributed by atoms with Crippen molar-refractivity contribution >= 4 is 0 Å². The number of aliphatic hydroxyl groups is 1. The lowest BCUT2D eigenvalue weighted by Crippen LogP contribution is -2.14. The van der Waals surface area contributed by atoms with Crippen molar-refractivity contribution in [3.8, 4) is 0 Å². The summed E-state index contributed by atoms with van der Waals surface area (Å²) < 4.78 is 92.9. The van der Waals surface area contributed by atoms with Crippen LogP contribution in [0.25, 0.3) is 0 Å². The molecular formula is C101H212O18. The van der Waals surface area contributed by atoms with Gasteiger partial charge >= 0.3 is 0 Å². The summed E-state index contributed by atoms with van der Waals surface area (Å²) in [6, 6.07) is 0. The molecule has 0 rings (SSSR count). The van der Waals surface area contributed by atoms with Crippen LogP contribution in [0.4, 0.5) is 0 Å². The minimum atomic E-state index is 0.0470. The van der Waals surface area contributed by atoms with Crippen molar-refractivity contribution in [2.24, 2.45) is 71.0 Å². The van der Waals surface area contributed by atoms with Gasteiger partial charge in [0.15, 0.2) is 0 Å². The molecule has 724 valence electrons. The predicted octanol–water partition coefficient (Wildman–Crippen LogP) is 24.9. The fourth-order valence-electron chi connectivity index (χ4n) is 14.0. The summed E-state index contributed by atoms with van der Waals surface area (Å²) >= 11 is 0. The van der Waals surface area contributed by atoms with Crippen molar-refractivity contribution in [1.82, 2.24) is 0 Å². The van der Waals surface area contributed by atoms with E-state index in [0.29, 0.717) is 165 Å². The zero-order chi connectivity index (χ0) is 89.0. The van der Waals surface area contributed by atoms with E-state index in [1.165, 1.54) is 167 Å². The van der Waals surface area contributed by atoms with Gasteiger partial charge in [0.1, 0.15) is 0 Å². The summed E-state index contributed by atoms with van der Waals surface area (Å²) in [5.74, 6) is 10.0. The number of rotatable bonds is 92. The van der Waals surface area contributed by atoms with E-state index in [-0.39, 0.29) is 6.61 Å². The average Bonchev–Trinajstić information content (AvgIpc) is 1.01. The third kappa shape index (κ3) is 121. The van der Waals surface area contributed by atoms with Crippen LogP contribution < -0.4 is 0 Å². The molecule has 0 heterocycles. The molecule has 8 atom stereocenters. The summed E-state index contributed by atoms with van der Waals surface area (Å²) in [5.41, 5.74) is 0. The highest BCUT2D eigenvalue weighted by atomic mass is 16.6. The zero-order valence-electron chi connectivity index (χ0n) is 83.4. The molecule has 8 unspecified atom stereocenters. The molecule has 0 radical (unpaired) electrons. The molecule has 0 aliphatic rings. The molecule has 0 spiro atoms. The molecule has 18 heteroatoms. The Labute approximate surface area is 741 Å². The van der Waals surface area contributed by atoms with Crippen molar-refractivity contribution in [3.05, 3.63) is 0 Å². The third-order valence-electron chi connectivity index (χ3n) is 20.8. The summed E-state index contributed by atoms with van der Waals surface area (Å²) in [4.78, 5) is 0. The predicted molar refractivity (Wildman–Crippen MR) is 504 cm³/mol. The highest BCUT2D eigenvalue weighted by molar-refractivity contribution is 4.66. The number of ether oxygens (including phenoxy) is 17. The molecule has 0 aliphatic heterocycles. The first-order valence-corrected chi connectivity index (χ1v) is 50.1. The maximum absolute atomic E-state index is 8.55. The number of unbranched alkanes of at least 4 members (excludes halogenated alkanes) is 5. The Hall–Kier alpha value is -0.720. The number of aliphatic hydroxyl groups excluding tert-OH is 1. The molecule has 0 aromatic carbocycles. The van der Waals surface area contributed by atoms with Gasteiger partial charge in [-0.3, -0.25) is 0 Å². The fraction of sp³-hybridized carbons (Fsp3) is 1.00. The molecule has 0 amide bonds. The van der Waals surface area contributed by atoms with Crippen LogP contribution in [0.2, 0.25) is 0 Å². The molecule has 0 aliphatic carbocycles. The van der Waals surface area contributed by atoms with Gasteiger partial charge in [-0.2, -0.15) is 0 Å². The van der Waals surface area contributed by atoms with Gasteiger partial charge in [-0.25, -0.2) is 0 Å². The molecule has 0 fully saturated rings. The second kappa shape index (κ2) is 110. The van der Waals surface area contributed by atoms with E-state index in [0.717, 1.165) is 175 Å². The van der Waals surface area contributed by atoms with Gasteiger partial charge in [0.2, 0.25) is 0 Å². The SMILES string of the molecule is CC(C)CC(C)CCCC(C)CCOCCOCCOCCOCCOCCO.CCCCCC(CCC)CCOCCC.CCCOCCC(C)CC(C)CCCC(C)C.CCCOCCOCCOCCOCCOCCC(C)CC(C)CCCC(C)C.CCCOCCOCCOCCOCCOCCCCCCC(CC)CC(C)C. The lowest BCUT2D eigenvalue weighted by atomic mass is 9.90. The fourth-order valence-corrected chi connectivity index (χ4v) is 14.0. The van der Waals surface area contributed by atoms with Gasteiger partial charge in [0, 0.05) is 59.5 Å². The second-order valence-electron chi connectivity index (χ2n) is 35.9. The lowest BCUT2D eigenvalue weighted by molar-refractivity contribution is -0.0138. The van der Waals surface area contributed by atoms with Gasteiger partial charge in [-0.1, -0.05) is 274 Å². The molecule has 119 heavy (non-hydrogen) atoms. The van der Waals surface area contributed by atoms with Crippen molar-refractivity contribution < 1.29 is 85.6 Å². The topological polar surface area (TPSA) is 177 Å². The Kier molecular flexibility index (Phi) is 117. The van der Waals surface area contributed by atoms with E-state index in [2.05, 4.69) is 145 Å². The summed E-state index contributed by atoms with van der Waals surface area (Å²) in [6.45, 7) is 71.0. The van der Waals surface area contributed by atoms with Crippen LogP contribution in [0.5, 0.6) is 0 Å². The summed E-state index contributed by atoms with van der Waals surface area (Å²) in [5, 5.41) is 8.55. The van der Waals surface area contributed by atoms with Crippen LogP contribution in [0.15, 0.2) is 0 Å². The molecule has 0 saturated heterocycles. The van der Waals surface area contributed by atoms with Crippen molar-refractivity contribution in [3.63, 3.8) is 0 Å². The van der Waals surface area contributed by atoms with Gasteiger partial charge < -0.3 is 85.6 Å². The zero-order valence-corrected chi connectivity index (χ0v) is 83.4. The monoisotopic (exact) mass is 1710 g/mol. The first-order valence-electron chi connectivity index (χ1n) is 50.1. The maximum Gasteiger partial charge on any atom is 0.0701 e. The Morgan fingerprint density at radius 3 is 0.739 bits per heavy atom. The van der Waals surface area contributed by atoms with Gasteiger partial charge in [0.05, 0.1) is 172 Å². The van der Waals surface area contributed by atoms with Crippen LogP contribution in [-0.4, -0.2) is 236 Å². The van der Waals surface area contributed by atoms with E-state index < -0.39 is 0 Å². The molecule has 0 saturated carbocycles. The molecule has 0 bridgehead atoms. The second-order valence-corrected chi connectivity index (χ2v) is 35.9. The van der Waals surface area contributed by atoms with Gasteiger partial charge in [0.25, 0.3) is 0 Å². The quantitative estimate of drug-likeness (QED) is 0.0568. The van der Waals surface area contributed by atoms with E-state index in [9.17, 15) is 0 Å². The van der Waals surface area contributed by atoms with E-state index in [1.807, 2.05) is 0 Å². The van der Waals surface area contributed by atoms with E-state index >= 15 is 0 Å². The molecule has 0 aromatic rings. The third-order valence-corrected chi connectivity index (χ3v) is 20.8. The first kappa shape index (κ1) is 127. The van der Waals surface area contributed by atoms with Crippen molar-refractivity contribution in [2.75, 3.05) is 231 Å². The van der Waals surface area contributed by atoms with Crippen molar-refractivity contribution in [2.45, 2.75) is 357 Å². The Morgan fingerprint density at radius 2 is 0.420 bits per heavy atom. The van der Waals surface area contributed by atoms with Crippen LogP contribution in [0.3, 0.4) is 0 Å². The molecular weight excluding hydrogens is 1500 g/mol. The van der Waals surface area contributed by atoms with Crippen LogP contribution >= 0.6 is 0 Å². The highest BCUT2D eigenvalue weighted by Crippen LogP contribution is 2.26. The minimum Gasteiger partial charge on any atom is -0.394 e. The summed E-state index contributed by atoms with van der Waals surface area (Å²) in [7, 11) is 0. The first-order chi connectivity index (χ1) is 57.7. The Bertz CT molecular complexity index is 1740. The highest BCUT2D eigenvalue weighted by Gasteiger charge is 2.14.